The molecule has 3 aromatic rings. The minimum absolute atomic E-state index is 0.0110. The second-order valence-corrected chi connectivity index (χ2v) is 8.82. The maximum Gasteiger partial charge on any atom is 0.303 e. The summed E-state index contributed by atoms with van der Waals surface area (Å²) in [4.78, 5) is 20.4. The molecule has 0 fully saturated rings. The summed E-state index contributed by atoms with van der Waals surface area (Å²) in [6, 6.07) is 8.21. The van der Waals surface area contributed by atoms with Crippen LogP contribution in [0.2, 0.25) is 0 Å². The number of carboxylic acid groups (broad SMARTS) is 1. The number of benzene rings is 1. The van der Waals surface area contributed by atoms with Gasteiger partial charge in [-0.2, -0.15) is 0 Å². The number of unbranched alkanes of at least 4 members (excludes halogenated alkanes) is 3. The van der Waals surface area contributed by atoms with Crippen molar-refractivity contribution in [2.45, 2.75) is 63.7 Å². The molecule has 1 aliphatic rings. The zero-order valence-corrected chi connectivity index (χ0v) is 18.6. The molecule has 1 aliphatic heterocycles. The van der Waals surface area contributed by atoms with Crippen molar-refractivity contribution in [1.82, 2.24) is 9.97 Å². The number of aromatic nitrogens is 2. The van der Waals surface area contributed by atoms with Crippen LogP contribution in [0.4, 0.5) is 14.6 Å². The number of halogens is 2. The van der Waals surface area contributed by atoms with E-state index in [1.54, 1.807) is 12.3 Å². The van der Waals surface area contributed by atoms with Gasteiger partial charge in [0.2, 0.25) is 0 Å². The molecular formula is C26H29F2N3O2. The van der Waals surface area contributed by atoms with Crippen LogP contribution in [0.5, 0.6) is 0 Å². The molecule has 33 heavy (non-hydrogen) atoms. The third kappa shape index (κ3) is 6.03. The molecule has 0 saturated carbocycles. The zero-order chi connectivity index (χ0) is 23.2. The Morgan fingerprint density at radius 3 is 2.76 bits per heavy atom. The average molecular weight is 454 g/mol. The van der Waals surface area contributed by atoms with Crippen LogP contribution in [-0.4, -0.2) is 27.6 Å². The number of fused-ring (bicyclic) bond motifs is 2. The Kier molecular flexibility index (Phi) is 7.47. The van der Waals surface area contributed by atoms with E-state index in [-0.39, 0.29) is 12.3 Å². The summed E-state index contributed by atoms with van der Waals surface area (Å²) in [5, 5.41) is 13.2. The molecule has 3 heterocycles. The number of aryl methyl sites for hydroxylation is 2. The molecule has 1 aromatic carbocycles. The van der Waals surface area contributed by atoms with Crippen molar-refractivity contribution < 1.29 is 18.7 Å². The monoisotopic (exact) mass is 453 g/mol. The van der Waals surface area contributed by atoms with Crippen LogP contribution in [0.15, 0.2) is 36.5 Å². The molecular weight excluding hydrogens is 424 g/mol. The Balaban J connectivity index is 1.29. The zero-order valence-electron chi connectivity index (χ0n) is 18.6. The molecule has 0 saturated heterocycles. The summed E-state index contributed by atoms with van der Waals surface area (Å²) in [6.07, 6.45) is 9.45. The first-order chi connectivity index (χ1) is 16.0. The van der Waals surface area contributed by atoms with Crippen LogP contribution < -0.4 is 5.32 Å². The quantitative estimate of drug-likeness (QED) is 0.367. The fourth-order valence-electron chi connectivity index (χ4n) is 4.52. The Bertz CT molecular complexity index is 1140. The topological polar surface area (TPSA) is 75.1 Å². The molecule has 0 unspecified atom stereocenters. The maximum atomic E-state index is 13.6. The molecule has 1 atom stereocenters. The summed E-state index contributed by atoms with van der Waals surface area (Å²) in [5.74, 6) is -1.92. The van der Waals surface area contributed by atoms with Gasteiger partial charge in [0.25, 0.3) is 0 Å². The second kappa shape index (κ2) is 10.7. The van der Waals surface area contributed by atoms with E-state index in [2.05, 4.69) is 22.4 Å². The summed E-state index contributed by atoms with van der Waals surface area (Å²) < 4.78 is 27.0. The highest BCUT2D eigenvalue weighted by atomic mass is 19.2. The van der Waals surface area contributed by atoms with Crippen molar-refractivity contribution in [2.75, 3.05) is 11.9 Å². The van der Waals surface area contributed by atoms with Crippen LogP contribution in [0.25, 0.3) is 10.9 Å². The predicted octanol–water partition coefficient (Wildman–Crippen LogP) is 6.02. The maximum absolute atomic E-state index is 13.6. The van der Waals surface area contributed by atoms with Gasteiger partial charge in [-0.15, -0.1) is 0 Å². The van der Waals surface area contributed by atoms with E-state index in [1.807, 2.05) is 0 Å². The second-order valence-electron chi connectivity index (χ2n) is 8.82. The number of rotatable bonds is 10. The Labute approximate surface area is 192 Å². The number of pyridine rings is 2. The van der Waals surface area contributed by atoms with Gasteiger partial charge in [-0.3, -0.25) is 9.78 Å². The van der Waals surface area contributed by atoms with Crippen LogP contribution in [0.1, 0.15) is 67.7 Å². The summed E-state index contributed by atoms with van der Waals surface area (Å²) in [7, 11) is 0. The first-order valence-electron chi connectivity index (χ1n) is 11.7. The minimum Gasteiger partial charge on any atom is -0.481 e. The van der Waals surface area contributed by atoms with Crippen molar-refractivity contribution in [3.8, 4) is 0 Å². The number of anilines is 1. The van der Waals surface area contributed by atoms with Gasteiger partial charge in [0, 0.05) is 29.9 Å². The first-order valence-corrected chi connectivity index (χ1v) is 11.7. The van der Waals surface area contributed by atoms with E-state index in [0.29, 0.717) is 17.3 Å². The average Bonchev–Trinajstić information content (AvgIpc) is 2.80. The van der Waals surface area contributed by atoms with E-state index >= 15 is 0 Å². The summed E-state index contributed by atoms with van der Waals surface area (Å²) in [6.45, 7) is 0.986. The number of nitrogens with zero attached hydrogens (tertiary/aromatic N) is 2. The Hall–Kier alpha value is -3.09. The molecule has 0 spiro atoms. The summed E-state index contributed by atoms with van der Waals surface area (Å²) in [5.41, 5.74) is 3.52. The van der Waals surface area contributed by atoms with E-state index in [4.69, 9.17) is 4.98 Å². The van der Waals surface area contributed by atoms with Gasteiger partial charge in [0.1, 0.15) is 5.82 Å². The molecule has 4 rings (SSSR count). The number of hydrogen-bond donors (Lipinski definition) is 2. The number of carbonyl (C=O) groups is 1. The van der Waals surface area contributed by atoms with Gasteiger partial charge in [-0.05, 0) is 67.3 Å². The van der Waals surface area contributed by atoms with Crippen molar-refractivity contribution in [3.05, 3.63) is 65.0 Å². The fourth-order valence-corrected chi connectivity index (χ4v) is 4.52. The van der Waals surface area contributed by atoms with Gasteiger partial charge in [-0.1, -0.05) is 25.3 Å². The predicted molar refractivity (Wildman–Crippen MR) is 124 cm³/mol. The normalized spacial score (nSPS) is 14.0. The van der Waals surface area contributed by atoms with E-state index in [0.717, 1.165) is 80.7 Å². The van der Waals surface area contributed by atoms with Gasteiger partial charge >= 0.3 is 5.97 Å². The molecule has 7 heteroatoms. The minimum atomic E-state index is -0.938. The van der Waals surface area contributed by atoms with E-state index in [1.165, 1.54) is 5.56 Å². The fraction of sp³-hybridized carbons (Fsp3) is 0.423. The van der Waals surface area contributed by atoms with Crippen LogP contribution in [0, 0.1) is 11.6 Å². The molecule has 5 nitrogen and oxygen atoms in total. The molecule has 0 radical (unpaired) electrons. The smallest absolute Gasteiger partial charge is 0.303 e. The highest BCUT2D eigenvalue weighted by molar-refractivity contribution is 5.79. The third-order valence-electron chi connectivity index (χ3n) is 6.32. The standard InChI is InChI=1S/C26H29F2N3O2/c27-22-13-19-12-20(16-30-24(19)15-23(22)28)18(14-25(32)33)6-3-1-2-4-8-21-10-9-17-7-5-11-29-26(17)31-21/h9-10,12-13,15-16,18H,1-8,11,14H2,(H,29,31)(H,32,33)/t18-/m0/s1. The van der Waals surface area contributed by atoms with E-state index < -0.39 is 17.6 Å². The Morgan fingerprint density at radius 2 is 1.91 bits per heavy atom. The molecule has 0 aliphatic carbocycles. The lowest BCUT2D eigenvalue weighted by Crippen LogP contribution is -2.13. The van der Waals surface area contributed by atoms with Gasteiger partial charge in [-0.25, -0.2) is 13.8 Å². The van der Waals surface area contributed by atoms with Crippen molar-refractivity contribution in [3.63, 3.8) is 0 Å². The summed E-state index contributed by atoms with van der Waals surface area (Å²) >= 11 is 0. The van der Waals surface area contributed by atoms with Gasteiger partial charge < -0.3 is 10.4 Å². The van der Waals surface area contributed by atoms with Crippen molar-refractivity contribution >= 4 is 22.7 Å². The van der Waals surface area contributed by atoms with Crippen LogP contribution in [0.3, 0.4) is 0 Å². The lowest BCUT2D eigenvalue weighted by Gasteiger charge is -2.17. The highest BCUT2D eigenvalue weighted by Gasteiger charge is 2.17. The van der Waals surface area contributed by atoms with Gasteiger partial charge in [0.05, 0.1) is 11.9 Å². The number of nitrogens with one attached hydrogen (secondary N) is 1. The van der Waals surface area contributed by atoms with Crippen LogP contribution in [-0.2, 0) is 17.6 Å². The number of aliphatic carboxylic acids is 1. The molecule has 174 valence electrons. The lowest BCUT2D eigenvalue weighted by atomic mass is 9.90. The third-order valence-corrected chi connectivity index (χ3v) is 6.32. The molecule has 2 aromatic heterocycles. The Morgan fingerprint density at radius 1 is 1.09 bits per heavy atom. The SMILES string of the molecule is O=C(O)C[C@H](CCCCCCc1ccc2c(n1)NCCC2)c1cnc2cc(F)c(F)cc2c1. The van der Waals surface area contributed by atoms with E-state index in [9.17, 15) is 18.7 Å². The van der Waals surface area contributed by atoms with Gasteiger partial charge in [0.15, 0.2) is 11.6 Å². The molecule has 2 N–H and O–H groups in total. The van der Waals surface area contributed by atoms with Crippen LogP contribution >= 0.6 is 0 Å². The molecule has 0 amide bonds. The lowest BCUT2D eigenvalue weighted by molar-refractivity contribution is -0.137. The van der Waals surface area contributed by atoms with Crippen molar-refractivity contribution in [2.24, 2.45) is 0 Å². The first kappa shape index (κ1) is 23.1. The largest absolute Gasteiger partial charge is 0.481 e. The van der Waals surface area contributed by atoms with Crippen molar-refractivity contribution in [1.29, 1.82) is 0 Å². The number of hydrogen-bond acceptors (Lipinski definition) is 4. The molecule has 0 bridgehead atoms. The highest BCUT2D eigenvalue weighted by Crippen LogP contribution is 2.29. The number of carboxylic acids is 1.